The minimum absolute atomic E-state index is 0.0962. The van der Waals surface area contributed by atoms with Crippen molar-refractivity contribution in [3.63, 3.8) is 0 Å². The van der Waals surface area contributed by atoms with Crippen LogP contribution in [0.3, 0.4) is 0 Å². The fraction of sp³-hybridized carbons (Fsp3) is 0.588. The number of pyridine rings is 1. The van der Waals surface area contributed by atoms with Crippen molar-refractivity contribution in [1.82, 2.24) is 14.8 Å². The van der Waals surface area contributed by atoms with Crippen LogP contribution >= 0.6 is 0 Å². The minimum Gasteiger partial charge on any atom is -0.491 e. The highest BCUT2D eigenvalue weighted by atomic mass is 16.5. The number of carbonyl (C=O) groups is 1. The maximum absolute atomic E-state index is 12.7. The molecule has 1 aliphatic heterocycles. The highest BCUT2D eigenvalue weighted by Gasteiger charge is 2.29. The lowest BCUT2D eigenvalue weighted by Crippen LogP contribution is -2.53. The van der Waals surface area contributed by atoms with Crippen molar-refractivity contribution in [2.24, 2.45) is 5.92 Å². The van der Waals surface area contributed by atoms with Gasteiger partial charge in [-0.3, -0.25) is 9.69 Å². The predicted molar refractivity (Wildman–Crippen MR) is 87.1 cm³/mol. The molecule has 1 fully saturated rings. The Morgan fingerprint density at radius 1 is 1.39 bits per heavy atom. The van der Waals surface area contributed by atoms with Crippen LogP contribution in [0.25, 0.3) is 0 Å². The lowest BCUT2D eigenvalue weighted by molar-refractivity contribution is 0.0567. The number of hydrogen-bond acceptors (Lipinski definition) is 5. The van der Waals surface area contributed by atoms with Crippen LogP contribution in [0.2, 0.25) is 0 Å². The lowest BCUT2D eigenvalue weighted by atomic mass is 10.0. The van der Waals surface area contributed by atoms with Gasteiger partial charge in [-0.05, 0) is 25.0 Å². The molecule has 0 spiro atoms. The van der Waals surface area contributed by atoms with Crippen molar-refractivity contribution in [2.75, 3.05) is 32.8 Å². The molecule has 1 amide bonds. The summed E-state index contributed by atoms with van der Waals surface area (Å²) in [5.74, 6) is 0.703. The molecule has 124 valence electrons. The first-order valence-corrected chi connectivity index (χ1v) is 8.09. The summed E-state index contributed by atoms with van der Waals surface area (Å²) in [6.45, 7) is 9.10. The molecule has 0 radical (unpaired) electrons. The average molecular weight is 316 g/mol. The van der Waals surface area contributed by atoms with Crippen molar-refractivity contribution < 1.29 is 9.53 Å². The molecule has 2 heterocycles. The van der Waals surface area contributed by atoms with Crippen LogP contribution in [0.5, 0.6) is 5.75 Å². The summed E-state index contributed by atoms with van der Waals surface area (Å²) in [5.41, 5.74) is 0.364. The van der Waals surface area contributed by atoms with Gasteiger partial charge < -0.3 is 9.64 Å². The van der Waals surface area contributed by atoms with E-state index in [0.717, 1.165) is 0 Å². The van der Waals surface area contributed by atoms with Crippen LogP contribution in [-0.2, 0) is 0 Å². The summed E-state index contributed by atoms with van der Waals surface area (Å²) >= 11 is 0. The Morgan fingerprint density at radius 3 is 2.65 bits per heavy atom. The third-order valence-corrected chi connectivity index (χ3v) is 4.03. The molecule has 1 saturated heterocycles. The Labute approximate surface area is 137 Å². The Bertz CT molecular complexity index is 574. The summed E-state index contributed by atoms with van der Waals surface area (Å²) in [6, 6.07) is 5.80. The maximum atomic E-state index is 12.7. The standard InChI is InChI=1S/C17H24N4O2/c1-4-23-15-6-5-7-19-16(15)17(22)21-10-8-20(9-11-21)14(12-18)13(2)3/h5-7,13-14H,4,8-11H2,1-3H3/t14-/m1/s1. The van der Waals surface area contributed by atoms with Crippen LogP contribution < -0.4 is 4.74 Å². The Hall–Kier alpha value is -2.13. The van der Waals surface area contributed by atoms with Crippen molar-refractivity contribution in [1.29, 1.82) is 5.26 Å². The number of piperazine rings is 1. The van der Waals surface area contributed by atoms with Crippen molar-refractivity contribution >= 4 is 5.91 Å². The predicted octanol–water partition coefficient (Wildman–Crippen LogP) is 1.79. The highest BCUT2D eigenvalue weighted by Crippen LogP contribution is 2.19. The van der Waals surface area contributed by atoms with Gasteiger partial charge in [0, 0.05) is 32.4 Å². The van der Waals surface area contributed by atoms with E-state index in [1.165, 1.54) is 0 Å². The molecule has 23 heavy (non-hydrogen) atoms. The summed E-state index contributed by atoms with van der Waals surface area (Å²) in [7, 11) is 0. The Balaban J connectivity index is 2.03. The fourth-order valence-corrected chi connectivity index (χ4v) is 2.83. The number of nitriles is 1. The smallest absolute Gasteiger partial charge is 0.276 e. The van der Waals surface area contributed by atoms with E-state index in [1.54, 1.807) is 23.2 Å². The van der Waals surface area contributed by atoms with Crippen molar-refractivity contribution in [3.05, 3.63) is 24.0 Å². The first-order valence-electron chi connectivity index (χ1n) is 8.09. The molecule has 1 aromatic rings. The summed E-state index contributed by atoms with van der Waals surface area (Å²) in [4.78, 5) is 20.8. The van der Waals surface area contributed by atoms with E-state index in [0.29, 0.717) is 44.2 Å². The molecule has 1 aromatic heterocycles. The number of nitrogens with zero attached hydrogens (tertiary/aromatic N) is 4. The number of aromatic nitrogens is 1. The lowest BCUT2D eigenvalue weighted by Gasteiger charge is -2.38. The molecular weight excluding hydrogens is 292 g/mol. The molecule has 0 aliphatic carbocycles. The SMILES string of the molecule is CCOc1cccnc1C(=O)N1CCN([C@H](C#N)C(C)C)CC1. The van der Waals surface area contributed by atoms with Gasteiger partial charge in [0.1, 0.15) is 6.04 Å². The van der Waals surface area contributed by atoms with Crippen molar-refractivity contribution in [2.45, 2.75) is 26.8 Å². The van der Waals surface area contributed by atoms with Gasteiger partial charge in [-0.1, -0.05) is 13.8 Å². The molecule has 1 atom stereocenters. The average Bonchev–Trinajstić information content (AvgIpc) is 2.56. The van der Waals surface area contributed by atoms with Crippen LogP contribution in [0.15, 0.2) is 18.3 Å². The van der Waals surface area contributed by atoms with Gasteiger partial charge in [0.25, 0.3) is 5.91 Å². The summed E-state index contributed by atoms with van der Waals surface area (Å²) in [5, 5.41) is 9.30. The monoisotopic (exact) mass is 316 g/mol. The van der Waals surface area contributed by atoms with E-state index < -0.39 is 0 Å². The molecule has 0 aromatic carbocycles. The van der Waals surface area contributed by atoms with E-state index in [4.69, 9.17) is 4.74 Å². The quantitative estimate of drug-likeness (QED) is 0.828. The van der Waals surface area contributed by atoms with E-state index in [9.17, 15) is 10.1 Å². The number of rotatable bonds is 5. The Morgan fingerprint density at radius 2 is 2.09 bits per heavy atom. The number of amides is 1. The van der Waals surface area contributed by atoms with Crippen LogP contribution in [0.4, 0.5) is 0 Å². The van der Waals surface area contributed by atoms with Crippen LogP contribution in [0, 0.1) is 17.2 Å². The second kappa shape index (κ2) is 7.93. The third kappa shape index (κ3) is 3.99. The molecule has 2 rings (SSSR count). The minimum atomic E-state index is -0.105. The van der Waals surface area contributed by atoms with Gasteiger partial charge in [0.15, 0.2) is 11.4 Å². The molecular formula is C17H24N4O2. The summed E-state index contributed by atoms with van der Waals surface area (Å²) < 4.78 is 5.49. The van der Waals surface area contributed by atoms with Gasteiger partial charge in [-0.25, -0.2) is 4.98 Å². The maximum Gasteiger partial charge on any atom is 0.276 e. The largest absolute Gasteiger partial charge is 0.491 e. The first-order chi connectivity index (χ1) is 11.1. The zero-order chi connectivity index (χ0) is 16.8. The Kier molecular flexibility index (Phi) is 5.94. The highest BCUT2D eigenvalue weighted by molar-refractivity contribution is 5.95. The first kappa shape index (κ1) is 17.2. The number of hydrogen-bond donors (Lipinski definition) is 0. The van der Waals surface area contributed by atoms with Gasteiger partial charge in [0.2, 0.25) is 0 Å². The van der Waals surface area contributed by atoms with E-state index in [1.807, 2.05) is 20.8 Å². The molecule has 6 heteroatoms. The second-order valence-electron chi connectivity index (χ2n) is 5.93. The van der Waals surface area contributed by atoms with Gasteiger partial charge in [-0.15, -0.1) is 0 Å². The van der Waals surface area contributed by atoms with Crippen LogP contribution in [-0.4, -0.2) is 59.5 Å². The molecule has 0 saturated carbocycles. The van der Waals surface area contributed by atoms with Gasteiger partial charge >= 0.3 is 0 Å². The van der Waals surface area contributed by atoms with Crippen molar-refractivity contribution in [3.8, 4) is 11.8 Å². The third-order valence-electron chi connectivity index (χ3n) is 4.03. The zero-order valence-electron chi connectivity index (χ0n) is 14.0. The molecule has 6 nitrogen and oxygen atoms in total. The molecule has 0 unspecified atom stereocenters. The molecule has 1 aliphatic rings. The normalized spacial score (nSPS) is 16.9. The number of ether oxygens (including phenoxy) is 1. The van der Waals surface area contributed by atoms with E-state index in [2.05, 4.69) is 16.0 Å². The summed E-state index contributed by atoms with van der Waals surface area (Å²) in [6.07, 6.45) is 1.61. The van der Waals surface area contributed by atoms with E-state index >= 15 is 0 Å². The zero-order valence-corrected chi connectivity index (χ0v) is 14.0. The second-order valence-corrected chi connectivity index (χ2v) is 5.93. The number of carbonyl (C=O) groups excluding carboxylic acids is 1. The van der Waals surface area contributed by atoms with Gasteiger partial charge in [-0.2, -0.15) is 5.26 Å². The molecule has 0 bridgehead atoms. The topological polar surface area (TPSA) is 69.5 Å². The van der Waals surface area contributed by atoms with Gasteiger partial charge in [0.05, 0.1) is 12.7 Å². The van der Waals surface area contributed by atoms with Crippen LogP contribution in [0.1, 0.15) is 31.3 Å². The van der Waals surface area contributed by atoms with E-state index in [-0.39, 0.29) is 17.9 Å². The fourth-order valence-electron chi connectivity index (χ4n) is 2.83. The molecule has 0 N–H and O–H groups in total.